The molecular formula is C10H14ClN3O. The summed E-state index contributed by atoms with van der Waals surface area (Å²) in [6.45, 7) is 1.62. The lowest BCUT2D eigenvalue weighted by Gasteiger charge is -2.32. The molecule has 1 saturated heterocycles. The fourth-order valence-electron chi connectivity index (χ4n) is 1.80. The molecular weight excluding hydrogens is 214 g/mol. The Bertz CT molecular complexity index is 328. The van der Waals surface area contributed by atoms with Crippen molar-refractivity contribution in [3.05, 3.63) is 17.5 Å². The van der Waals surface area contributed by atoms with Crippen molar-refractivity contribution in [1.82, 2.24) is 9.97 Å². The molecule has 2 rings (SSSR count). The molecule has 0 aliphatic carbocycles. The highest BCUT2D eigenvalue weighted by atomic mass is 35.5. The van der Waals surface area contributed by atoms with Crippen molar-refractivity contribution in [3.8, 4) is 0 Å². The summed E-state index contributed by atoms with van der Waals surface area (Å²) in [5.74, 6) is 0.756. The molecule has 0 amide bonds. The number of ether oxygens (including phenoxy) is 1. The van der Waals surface area contributed by atoms with E-state index < -0.39 is 0 Å². The quantitative estimate of drug-likeness (QED) is 0.772. The topological polar surface area (TPSA) is 38.2 Å². The van der Waals surface area contributed by atoms with E-state index in [1.807, 2.05) is 7.05 Å². The zero-order valence-electron chi connectivity index (χ0n) is 8.69. The van der Waals surface area contributed by atoms with Crippen molar-refractivity contribution in [2.45, 2.75) is 18.9 Å². The van der Waals surface area contributed by atoms with E-state index in [4.69, 9.17) is 16.3 Å². The van der Waals surface area contributed by atoms with Crippen LogP contribution in [0.2, 0.25) is 5.15 Å². The Morgan fingerprint density at radius 1 is 1.33 bits per heavy atom. The van der Waals surface area contributed by atoms with Gasteiger partial charge in [0.2, 0.25) is 0 Å². The number of hydrogen-bond donors (Lipinski definition) is 0. The second-order valence-corrected chi connectivity index (χ2v) is 3.98. The van der Waals surface area contributed by atoms with E-state index in [-0.39, 0.29) is 0 Å². The van der Waals surface area contributed by atoms with Gasteiger partial charge in [0, 0.05) is 38.7 Å². The van der Waals surface area contributed by atoms with Crippen molar-refractivity contribution in [1.29, 1.82) is 0 Å². The maximum atomic E-state index is 5.99. The molecule has 0 N–H and O–H groups in total. The molecule has 4 nitrogen and oxygen atoms in total. The van der Waals surface area contributed by atoms with Crippen LogP contribution in [0.15, 0.2) is 12.4 Å². The Morgan fingerprint density at radius 2 is 2.00 bits per heavy atom. The van der Waals surface area contributed by atoms with Crippen LogP contribution < -0.4 is 4.90 Å². The zero-order valence-corrected chi connectivity index (χ0v) is 9.44. The van der Waals surface area contributed by atoms with Crippen molar-refractivity contribution >= 4 is 17.4 Å². The Hall–Kier alpha value is -0.870. The van der Waals surface area contributed by atoms with Crippen LogP contribution in [-0.4, -0.2) is 36.3 Å². The van der Waals surface area contributed by atoms with Crippen LogP contribution in [0.5, 0.6) is 0 Å². The molecule has 0 spiro atoms. The van der Waals surface area contributed by atoms with Gasteiger partial charge in [-0.05, 0) is 12.8 Å². The standard InChI is InChI=1S/C10H14ClN3O/c1-14(8-2-6-15-7-3-8)10-9(11)12-4-5-13-10/h4-5,8H,2-3,6-7H2,1H3. The van der Waals surface area contributed by atoms with Gasteiger partial charge in [-0.15, -0.1) is 0 Å². The van der Waals surface area contributed by atoms with E-state index >= 15 is 0 Å². The van der Waals surface area contributed by atoms with Gasteiger partial charge in [0.15, 0.2) is 11.0 Å². The second kappa shape index (κ2) is 4.77. The maximum Gasteiger partial charge on any atom is 0.171 e. The molecule has 0 saturated carbocycles. The van der Waals surface area contributed by atoms with Crippen LogP contribution in [-0.2, 0) is 4.74 Å². The van der Waals surface area contributed by atoms with Gasteiger partial charge in [-0.1, -0.05) is 11.6 Å². The highest BCUT2D eigenvalue weighted by Crippen LogP contribution is 2.24. The minimum atomic E-state index is 0.452. The molecule has 1 aliphatic rings. The average molecular weight is 228 g/mol. The van der Waals surface area contributed by atoms with E-state index in [1.165, 1.54) is 0 Å². The maximum absolute atomic E-state index is 5.99. The number of rotatable bonds is 2. The van der Waals surface area contributed by atoms with Gasteiger partial charge in [-0.25, -0.2) is 9.97 Å². The molecule has 1 aromatic heterocycles. The third kappa shape index (κ3) is 2.38. The van der Waals surface area contributed by atoms with Crippen LogP contribution in [0, 0.1) is 0 Å². The van der Waals surface area contributed by atoms with E-state index in [0.29, 0.717) is 11.2 Å². The number of anilines is 1. The van der Waals surface area contributed by atoms with Crippen molar-refractivity contribution in [2.75, 3.05) is 25.2 Å². The van der Waals surface area contributed by atoms with E-state index in [0.717, 1.165) is 31.9 Å². The number of aromatic nitrogens is 2. The molecule has 0 aromatic carbocycles. The average Bonchev–Trinajstić information content (AvgIpc) is 2.30. The third-order valence-corrected chi connectivity index (χ3v) is 2.98. The van der Waals surface area contributed by atoms with Crippen molar-refractivity contribution < 1.29 is 4.74 Å². The monoisotopic (exact) mass is 227 g/mol. The van der Waals surface area contributed by atoms with Crippen LogP contribution in [0.25, 0.3) is 0 Å². The highest BCUT2D eigenvalue weighted by molar-refractivity contribution is 6.31. The second-order valence-electron chi connectivity index (χ2n) is 3.63. The Kier molecular flexibility index (Phi) is 3.38. The summed E-state index contributed by atoms with van der Waals surface area (Å²) in [7, 11) is 2.01. The van der Waals surface area contributed by atoms with Gasteiger partial charge < -0.3 is 9.64 Å². The van der Waals surface area contributed by atoms with Gasteiger partial charge >= 0.3 is 0 Å². The largest absolute Gasteiger partial charge is 0.381 e. The molecule has 2 heterocycles. The van der Waals surface area contributed by atoms with Gasteiger partial charge in [-0.3, -0.25) is 0 Å². The normalized spacial score (nSPS) is 17.7. The van der Waals surface area contributed by atoms with Gasteiger partial charge in [0.25, 0.3) is 0 Å². The van der Waals surface area contributed by atoms with Crippen LogP contribution in [0.1, 0.15) is 12.8 Å². The molecule has 0 atom stereocenters. The summed E-state index contributed by atoms with van der Waals surface area (Å²) in [6.07, 6.45) is 5.30. The fourth-order valence-corrected chi connectivity index (χ4v) is 2.03. The number of nitrogens with zero attached hydrogens (tertiary/aromatic N) is 3. The van der Waals surface area contributed by atoms with E-state index in [2.05, 4.69) is 14.9 Å². The summed E-state index contributed by atoms with van der Waals surface area (Å²) >= 11 is 5.99. The molecule has 1 fully saturated rings. The summed E-state index contributed by atoms with van der Waals surface area (Å²) in [5.41, 5.74) is 0. The fraction of sp³-hybridized carbons (Fsp3) is 0.600. The summed E-state index contributed by atoms with van der Waals surface area (Å²) in [4.78, 5) is 10.4. The third-order valence-electron chi connectivity index (χ3n) is 2.71. The molecule has 5 heteroatoms. The lowest BCUT2D eigenvalue weighted by Crippen LogP contribution is -2.37. The first-order valence-corrected chi connectivity index (χ1v) is 5.44. The Morgan fingerprint density at radius 3 is 2.67 bits per heavy atom. The molecule has 15 heavy (non-hydrogen) atoms. The van der Waals surface area contributed by atoms with Crippen LogP contribution in [0.4, 0.5) is 5.82 Å². The molecule has 0 bridgehead atoms. The molecule has 1 aliphatic heterocycles. The highest BCUT2D eigenvalue weighted by Gasteiger charge is 2.21. The van der Waals surface area contributed by atoms with Crippen molar-refractivity contribution in [3.63, 3.8) is 0 Å². The predicted molar refractivity (Wildman–Crippen MR) is 59.3 cm³/mol. The van der Waals surface area contributed by atoms with Crippen molar-refractivity contribution in [2.24, 2.45) is 0 Å². The van der Waals surface area contributed by atoms with E-state index in [1.54, 1.807) is 12.4 Å². The summed E-state index contributed by atoms with van der Waals surface area (Å²) < 4.78 is 5.32. The number of hydrogen-bond acceptors (Lipinski definition) is 4. The zero-order chi connectivity index (χ0) is 10.7. The minimum absolute atomic E-state index is 0.452. The Balaban J connectivity index is 2.12. The van der Waals surface area contributed by atoms with Gasteiger partial charge in [-0.2, -0.15) is 0 Å². The summed E-state index contributed by atoms with van der Waals surface area (Å²) in [6, 6.07) is 0.452. The first kappa shape index (κ1) is 10.6. The molecule has 0 unspecified atom stereocenters. The van der Waals surface area contributed by atoms with E-state index in [9.17, 15) is 0 Å². The first-order valence-electron chi connectivity index (χ1n) is 5.06. The lowest BCUT2D eigenvalue weighted by molar-refractivity contribution is 0.0853. The molecule has 82 valence electrons. The number of halogens is 1. The Labute approximate surface area is 94.2 Å². The molecule has 1 aromatic rings. The minimum Gasteiger partial charge on any atom is -0.381 e. The SMILES string of the molecule is CN(c1nccnc1Cl)C1CCOCC1. The van der Waals surface area contributed by atoms with Crippen LogP contribution >= 0.6 is 11.6 Å². The van der Waals surface area contributed by atoms with Crippen LogP contribution in [0.3, 0.4) is 0 Å². The first-order chi connectivity index (χ1) is 7.29. The predicted octanol–water partition coefficient (Wildman–Crippen LogP) is 1.75. The summed E-state index contributed by atoms with van der Waals surface area (Å²) in [5, 5.41) is 0.464. The smallest absolute Gasteiger partial charge is 0.171 e. The van der Waals surface area contributed by atoms with Gasteiger partial charge in [0.1, 0.15) is 0 Å². The lowest BCUT2D eigenvalue weighted by atomic mass is 10.1. The van der Waals surface area contributed by atoms with Gasteiger partial charge in [0.05, 0.1) is 0 Å². The molecule has 0 radical (unpaired) electrons.